The minimum atomic E-state index is 0.367. The van der Waals surface area contributed by atoms with E-state index < -0.39 is 0 Å². The molecule has 0 aromatic heterocycles. The first kappa shape index (κ1) is 13.5. The Morgan fingerprint density at radius 3 is 2.56 bits per heavy atom. The smallest absolute Gasteiger partial charge is 0.142 e. The fourth-order valence-electron chi connectivity index (χ4n) is 2.42. The molecule has 4 heteroatoms. The van der Waals surface area contributed by atoms with Gasteiger partial charge in [-0.2, -0.15) is 0 Å². The van der Waals surface area contributed by atoms with Gasteiger partial charge in [0.25, 0.3) is 0 Å². The molecule has 1 aromatic rings. The summed E-state index contributed by atoms with van der Waals surface area (Å²) in [6.45, 7) is 1.98. The van der Waals surface area contributed by atoms with Gasteiger partial charge in [-0.25, -0.2) is 0 Å². The number of halogens is 1. The van der Waals surface area contributed by atoms with Crippen molar-refractivity contribution in [1.82, 2.24) is 0 Å². The molecule has 3 nitrogen and oxygen atoms in total. The van der Waals surface area contributed by atoms with Crippen LogP contribution in [0.15, 0.2) is 12.1 Å². The van der Waals surface area contributed by atoms with Gasteiger partial charge in [0.15, 0.2) is 0 Å². The van der Waals surface area contributed by atoms with Gasteiger partial charge in [0.1, 0.15) is 5.75 Å². The van der Waals surface area contributed by atoms with Gasteiger partial charge in [0, 0.05) is 17.1 Å². The molecular weight excluding hydrogens is 248 g/mol. The zero-order valence-corrected chi connectivity index (χ0v) is 11.8. The molecule has 18 heavy (non-hydrogen) atoms. The van der Waals surface area contributed by atoms with Crippen LogP contribution in [0, 0.1) is 6.92 Å². The third kappa shape index (κ3) is 3.09. The highest BCUT2D eigenvalue weighted by Crippen LogP contribution is 2.33. The number of methoxy groups -OCH3 is 1. The zero-order chi connectivity index (χ0) is 13.1. The Morgan fingerprint density at radius 1 is 1.28 bits per heavy atom. The molecule has 0 heterocycles. The van der Waals surface area contributed by atoms with Crippen LogP contribution in [-0.4, -0.2) is 19.2 Å². The average Bonchev–Trinajstić information content (AvgIpc) is 2.36. The molecule has 1 aliphatic rings. The topological polar surface area (TPSA) is 47.3 Å². The number of rotatable bonds is 3. The van der Waals surface area contributed by atoms with E-state index in [4.69, 9.17) is 22.1 Å². The van der Waals surface area contributed by atoms with E-state index in [1.54, 1.807) is 7.11 Å². The second kappa shape index (κ2) is 5.81. The lowest BCUT2D eigenvalue weighted by molar-refractivity contribution is 0.401. The van der Waals surface area contributed by atoms with E-state index in [0.717, 1.165) is 47.7 Å². The Kier molecular flexibility index (Phi) is 4.36. The van der Waals surface area contributed by atoms with Crippen LogP contribution in [0.4, 0.5) is 5.69 Å². The van der Waals surface area contributed by atoms with Crippen LogP contribution >= 0.6 is 11.6 Å². The highest BCUT2D eigenvalue weighted by molar-refractivity contribution is 6.31. The van der Waals surface area contributed by atoms with Crippen LogP contribution in [0.25, 0.3) is 0 Å². The van der Waals surface area contributed by atoms with Gasteiger partial charge in [0.05, 0.1) is 12.8 Å². The summed E-state index contributed by atoms with van der Waals surface area (Å²) >= 11 is 6.17. The first-order chi connectivity index (χ1) is 8.60. The van der Waals surface area contributed by atoms with E-state index in [2.05, 4.69) is 5.32 Å². The van der Waals surface area contributed by atoms with Crippen molar-refractivity contribution in [2.45, 2.75) is 44.7 Å². The van der Waals surface area contributed by atoms with E-state index in [-0.39, 0.29) is 0 Å². The molecule has 0 bridgehead atoms. The molecule has 1 fully saturated rings. The van der Waals surface area contributed by atoms with Crippen LogP contribution < -0.4 is 15.8 Å². The van der Waals surface area contributed by atoms with Crippen molar-refractivity contribution in [3.8, 4) is 5.75 Å². The summed E-state index contributed by atoms with van der Waals surface area (Å²) in [5.41, 5.74) is 7.93. The molecule has 100 valence electrons. The van der Waals surface area contributed by atoms with Gasteiger partial charge in [0.2, 0.25) is 0 Å². The molecule has 1 aliphatic carbocycles. The Balaban J connectivity index is 2.10. The number of anilines is 1. The van der Waals surface area contributed by atoms with Crippen molar-refractivity contribution >= 4 is 17.3 Å². The predicted molar refractivity (Wildman–Crippen MR) is 76.6 cm³/mol. The van der Waals surface area contributed by atoms with Gasteiger partial charge in [-0.1, -0.05) is 11.6 Å². The molecule has 0 amide bonds. The standard InChI is InChI=1S/C14H21ClN2O/c1-9-7-14(18-2)13(8-12(9)15)17-11-5-3-10(16)4-6-11/h7-8,10-11,17H,3-6,16H2,1-2H3. The third-order valence-electron chi connectivity index (χ3n) is 3.61. The maximum absolute atomic E-state index is 6.17. The lowest BCUT2D eigenvalue weighted by atomic mass is 9.91. The normalized spacial score (nSPS) is 23.8. The third-order valence-corrected chi connectivity index (χ3v) is 4.02. The van der Waals surface area contributed by atoms with Gasteiger partial charge >= 0.3 is 0 Å². The Labute approximate surface area is 114 Å². The number of ether oxygens (including phenoxy) is 1. The summed E-state index contributed by atoms with van der Waals surface area (Å²) < 4.78 is 5.40. The molecule has 0 saturated heterocycles. The van der Waals surface area contributed by atoms with Crippen LogP contribution in [0.1, 0.15) is 31.2 Å². The average molecular weight is 269 g/mol. The summed E-state index contributed by atoms with van der Waals surface area (Å²) in [5, 5.41) is 4.29. The number of nitrogens with two attached hydrogens (primary N) is 1. The van der Waals surface area contributed by atoms with Crippen LogP contribution in [0.5, 0.6) is 5.75 Å². The van der Waals surface area contributed by atoms with E-state index in [1.807, 2.05) is 19.1 Å². The fourth-order valence-corrected chi connectivity index (χ4v) is 2.58. The molecule has 3 N–H and O–H groups in total. The van der Waals surface area contributed by atoms with Crippen molar-refractivity contribution < 1.29 is 4.74 Å². The monoisotopic (exact) mass is 268 g/mol. The van der Waals surface area contributed by atoms with Gasteiger partial charge in [-0.15, -0.1) is 0 Å². The Bertz CT molecular complexity index is 415. The minimum Gasteiger partial charge on any atom is -0.495 e. The van der Waals surface area contributed by atoms with Crippen LogP contribution in [-0.2, 0) is 0 Å². The molecule has 1 aromatic carbocycles. The molecule has 1 saturated carbocycles. The van der Waals surface area contributed by atoms with E-state index in [1.165, 1.54) is 0 Å². The number of hydrogen-bond donors (Lipinski definition) is 2. The lowest BCUT2D eigenvalue weighted by Gasteiger charge is -2.28. The number of aryl methyl sites for hydroxylation is 1. The van der Waals surface area contributed by atoms with Gasteiger partial charge in [-0.3, -0.25) is 0 Å². The molecular formula is C14H21ClN2O. The Hall–Kier alpha value is -0.930. The van der Waals surface area contributed by atoms with E-state index in [0.29, 0.717) is 12.1 Å². The highest BCUT2D eigenvalue weighted by Gasteiger charge is 2.19. The number of hydrogen-bond acceptors (Lipinski definition) is 3. The first-order valence-electron chi connectivity index (χ1n) is 6.46. The molecule has 0 atom stereocenters. The molecule has 0 spiro atoms. The zero-order valence-electron chi connectivity index (χ0n) is 11.0. The number of nitrogens with one attached hydrogen (secondary N) is 1. The summed E-state index contributed by atoms with van der Waals surface area (Å²) in [4.78, 5) is 0. The second-order valence-corrected chi connectivity index (χ2v) is 5.46. The van der Waals surface area contributed by atoms with Crippen molar-refractivity contribution in [2.75, 3.05) is 12.4 Å². The second-order valence-electron chi connectivity index (χ2n) is 5.06. The molecule has 0 aliphatic heterocycles. The molecule has 2 rings (SSSR count). The van der Waals surface area contributed by atoms with E-state index in [9.17, 15) is 0 Å². The quantitative estimate of drug-likeness (QED) is 0.884. The van der Waals surface area contributed by atoms with Crippen molar-refractivity contribution in [2.24, 2.45) is 5.73 Å². The predicted octanol–water partition coefficient (Wildman–Crippen LogP) is 3.34. The SMILES string of the molecule is COc1cc(C)c(Cl)cc1NC1CCC(N)CC1. The minimum absolute atomic E-state index is 0.367. The van der Waals surface area contributed by atoms with Crippen LogP contribution in [0.3, 0.4) is 0 Å². The number of benzene rings is 1. The van der Waals surface area contributed by atoms with Crippen LogP contribution in [0.2, 0.25) is 5.02 Å². The summed E-state index contributed by atoms with van der Waals surface area (Å²) in [5.74, 6) is 0.853. The maximum atomic E-state index is 6.17. The Morgan fingerprint density at radius 2 is 1.94 bits per heavy atom. The summed E-state index contributed by atoms with van der Waals surface area (Å²) in [6.07, 6.45) is 4.38. The lowest BCUT2D eigenvalue weighted by Crippen LogP contribution is -2.32. The van der Waals surface area contributed by atoms with Gasteiger partial charge in [-0.05, 0) is 50.3 Å². The van der Waals surface area contributed by atoms with Crippen molar-refractivity contribution in [3.05, 3.63) is 22.7 Å². The molecule has 0 radical (unpaired) electrons. The summed E-state index contributed by atoms with van der Waals surface area (Å²) in [6, 6.07) is 4.76. The molecule has 0 unspecified atom stereocenters. The fraction of sp³-hybridized carbons (Fsp3) is 0.571. The largest absolute Gasteiger partial charge is 0.495 e. The van der Waals surface area contributed by atoms with Crippen molar-refractivity contribution in [1.29, 1.82) is 0 Å². The van der Waals surface area contributed by atoms with E-state index >= 15 is 0 Å². The first-order valence-corrected chi connectivity index (χ1v) is 6.84. The maximum Gasteiger partial charge on any atom is 0.142 e. The highest BCUT2D eigenvalue weighted by atomic mass is 35.5. The summed E-state index contributed by atoms with van der Waals surface area (Å²) in [7, 11) is 1.69. The van der Waals surface area contributed by atoms with Crippen molar-refractivity contribution in [3.63, 3.8) is 0 Å². The van der Waals surface area contributed by atoms with Gasteiger partial charge < -0.3 is 15.8 Å².